The van der Waals surface area contributed by atoms with E-state index >= 15 is 0 Å². The van der Waals surface area contributed by atoms with E-state index in [1.54, 1.807) is 0 Å². The molecule has 0 spiro atoms. The first kappa shape index (κ1) is 15.0. The lowest BCUT2D eigenvalue weighted by Gasteiger charge is -2.52. The zero-order valence-electron chi connectivity index (χ0n) is 13.0. The van der Waals surface area contributed by atoms with Gasteiger partial charge in [-0.3, -0.25) is 4.90 Å². The fourth-order valence-corrected chi connectivity index (χ4v) is 4.34. The van der Waals surface area contributed by atoms with Crippen LogP contribution in [0.25, 0.3) is 0 Å². The highest BCUT2D eigenvalue weighted by molar-refractivity contribution is 9.10. The van der Waals surface area contributed by atoms with Crippen LogP contribution in [0.4, 0.5) is 5.69 Å². The molecule has 2 heterocycles. The second kappa shape index (κ2) is 5.21. The molecule has 4 rings (SSSR count). The zero-order valence-corrected chi connectivity index (χ0v) is 15.4. The van der Waals surface area contributed by atoms with Crippen molar-refractivity contribution in [3.05, 3.63) is 58.1 Å². The van der Waals surface area contributed by atoms with Gasteiger partial charge in [0.2, 0.25) is 0 Å². The zero-order chi connectivity index (χ0) is 16.2. The van der Waals surface area contributed by atoms with Crippen LogP contribution in [0.3, 0.4) is 0 Å². The minimum atomic E-state index is -0.486. The average Bonchev–Trinajstić information content (AvgIpc) is 2.49. The maximum absolute atomic E-state index is 6.42. The highest BCUT2D eigenvalue weighted by Crippen LogP contribution is 2.46. The number of nitrogens with one attached hydrogen (secondary N) is 1. The van der Waals surface area contributed by atoms with Crippen molar-refractivity contribution < 1.29 is 4.74 Å². The van der Waals surface area contributed by atoms with Gasteiger partial charge in [-0.1, -0.05) is 34.1 Å². The number of nitrogens with zero attached hydrogens (tertiary/aromatic N) is 1. The molecule has 0 amide bonds. The van der Waals surface area contributed by atoms with Crippen molar-refractivity contribution in [1.29, 1.82) is 0 Å². The van der Waals surface area contributed by atoms with Crippen LogP contribution in [0, 0.1) is 6.92 Å². The topological polar surface area (TPSA) is 24.5 Å². The number of halogens is 1. The van der Waals surface area contributed by atoms with Crippen molar-refractivity contribution in [2.75, 3.05) is 4.90 Å². The Labute approximate surface area is 149 Å². The predicted molar refractivity (Wildman–Crippen MR) is 99.9 cm³/mol. The molecule has 118 valence electrons. The molecule has 0 radical (unpaired) electrons. The number of ether oxygens (including phenoxy) is 1. The molecule has 2 aromatic carbocycles. The summed E-state index contributed by atoms with van der Waals surface area (Å²) in [7, 11) is 0. The third-order valence-electron chi connectivity index (χ3n) is 4.59. The first-order valence-electron chi connectivity index (χ1n) is 7.63. The molecule has 1 N–H and O–H groups in total. The van der Waals surface area contributed by atoms with Crippen molar-refractivity contribution in [3.8, 4) is 5.75 Å². The molecular weight excluding hydrogens is 372 g/mol. The first-order chi connectivity index (χ1) is 11.0. The average molecular weight is 389 g/mol. The third-order valence-corrected chi connectivity index (χ3v) is 5.38. The Hall–Kier alpha value is -1.59. The van der Waals surface area contributed by atoms with Crippen LogP contribution in [0.15, 0.2) is 46.9 Å². The summed E-state index contributed by atoms with van der Waals surface area (Å²) in [6, 6.07) is 14.6. The van der Waals surface area contributed by atoms with Crippen LogP contribution in [0.2, 0.25) is 0 Å². The SMILES string of the molecule is Cc1ccccc1N1C(=S)NC2CC1(C)Oc1ccc(Br)cc12. The van der Waals surface area contributed by atoms with E-state index < -0.39 is 5.72 Å². The number of benzene rings is 2. The minimum absolute atomic E-state index is 0.175. The fraction of sp³-hybridized carbons (Fsp3) is 0.278. The van der Waals surface area contributed by atoms with E-state index in [4.69, 9.17) is 17.0 Å². The lowest BCUT2D eigenvalue weighted by Crippen LogP contribution is -2.65. The summed E-state index contributed by atoms with van der Waals surface area (Å²) in [6.45, 7) is 4.21. The van der Waals surface area contributed by atoms with Crippen molar-refractivity contribution in [1.82, 2.24) is 5.32 Å². The number of anilines is 1. The molecule has 2 aromatic rings. The van der Waals surface area contributed by atoms with Gasteiger partial charge in [-0.25, -0.2) is 0 Å². The molecule has 0 aliphatic carbocycles. The molecule has 0 aromatic heterocycles. The highest BCUT2D eigenvalue weighted by Gasteiger charge is 2.48. The minimum Gasteiger partial charge on any atom is -0.467 e. The summed E-state index contributed by atoms with van der Waals surface area (Å²) in [6.07, 6.45) is 0.838. The van der Waals surface area contributed by atoms with Gasteiger partial charge >= 0.3 is 0 Å². The molecule has 2 aliphatic rings. The van der Waals surface area contributed by atoms with Crippen molar-refractivity contribution in [2.24, 2.45) is 0 Å². The molecule has 3 nitrogen and oxygen atoms in total. The van der Waals surface area contributed by atoms with E-state index in [1.165, 1.54) is 5.56 Å². The van der Waals surface area contributed by atoms with Crippen molar-refractivity contribution in [3.63, 3.8) is 0 Å². The lowest BCUT2D eigenvalue weighted by atomic mass is 9.90. The Kier molecular flexibility index (Phi) is 3.39. The lowest BCUT2D eigenvalue weighted by molar-refractivity contribution is 0.0496. The van der Waals surface area contributed by atoms with E-state index in [9.17, 15) is 0 Å². The standard InChI is InChI=1S/C18H17BrN2OS/c1-11-5-3-4-6-15(11)21-17(23)20-14-10-18(21,2)22-16-8-7-12(19)9-13(14)16/h3-9,14H,10H2,1-2H3,(H,20,23). The van der Waals surface area contributed by atoms with Crippen LogP contribution in [-0.4, -0.2) is 10.8 Å². The van der Waals surface area contributed by atoms with E-state index in [0.717, 1.165) is 27.9 Å². The largest absolute Gasteiger partial charge is 0.467 e. The summed E-state index contributed by atoms with van der Waals surface area (Å²) in [5.74, 6) is 0.917. The summed E-state index contributed by atoms with van der Waals surface area (Å²) in [5, 5.41) is 4.20. The van der Waals surface area contributed by atoms with Gasteiger partial charge < -0.3 is 10.1 Å². The van der Waals surface area contributed by atoms with Gasteiger partial charge in [0.25, 0.3) is 0 Å². The van der Waals surface area contributed by atoms with Gasteiger partial charge in [-0.2, -0.15) is 0 Å². The second-order valence-electron chi connectivity index (χ2n) is 6.29. The monoisotopic (exact) mass is 388 g/mol. The molecule has 1 saturated heterocycles. The van der Waals surface area contributed by atoms with E-state index in [-0.39, 0.29) is 6.04 Å². The smallest absolute Gasteiger partial charge is 0.188 e. The number of thiocarbonyl (C=S) groups is 1. The van der Waals surface area contributed by atoms with Crippen LogP contribution in [0.1, 0.15) is 30.5 Å². The van der Waals surface area contributed by atoms with Gasteiger partial charge in [0, 0.05) is 22.1 Å². The van der Waals surface area contributed by atoms with Crippen molar-refractivity contribution in [2.45, 2.75) is 32.0 Å². The third kappa shape index (κ3) is 2.34. The number of hydrogen-bond donors (Lipinski definition) is 1. The number of hydrogen-bond acceptors (Lipinski definition) is 2. The van der Waals surface area contributed by atoms with Gasteiger partial charge in [0.05, 0.1) is 6.04 Å². The highest BCUT2D eigenvalue weighted by atomic mass is 79.9. The van der Waals surface area contributed by atoms with Gasteiger partial charge in [0.15, 0.2) is 10.8 Å². The maximum Gasteiger partial charge on any atom is 0.188 e. The number of rotatable bonds is 1. The quantitative estimate of drug-likeness (QED) is 0.716. The molecule has 5 heteroatoms. The van der Waals surface area contributed by atoms with Crippen LogP contribution in [-0.2, 0) is 0 Å². The Morgan fingerprint density at radius 2 is 2.09 bits per heavy atom. The molecule has 23 heavy (non-hydrogen) atoms. The summed E-state index contributed by atoms with van der Waals surface area (Å²) in [5.41, 5.74) is 2.94. The van der Waals surface area contributed by atoms with Gasteiger partial charge in [-0.15, -0.1) is 0 Å². The molecule has 2 atom stereocenters. The predicted octanol–water partition coefficient (Wildman–Crippen LogP) is 4.69. The fourth-order valence-electron chi connectivity index (χ4n) is 3.52. The molecule has 2 aliphatic heterocycles. The Balaban J connectivity index is 1.83. The van der Waals surface area contributed by atoms with Crippen LogP contribution < -0.4 is 15.0 Å². The Morgan fingerprint density at radius 1 is 1.30 bits per heavy atom. The second-order valence-corrected chi connectivity index (χ2v) is 7.59. The first-order valence-corrected chi connectivity index (χ1v) is 8.83. The van der Waals surface area contributed by atoms with Gasteiger partial charge in [0.1, 0.15) is 5.75 Å². The van der Waals surface area contributed by atoms with Crippen LogP contribution >= 0.6 is 28.1 Å². The van der Waals surface area contributed by atoms with E-state index in [0.29, 0.717) is 5.11 Å². The molecule has 0 saturated carbocycles. The molecular formula is C18H17BrN2OS. The Bertz CT molecular complexity index is 809. The summed E-state index contributed by atoms with van der Waals surface area (Å²) >= 11 is 9.22. The van der Waals surface area contributed by atoms with Gasteiger partial charge in [-0.05, 0) is 55.9 Å². The number of aryl methyl sites for hydroxylation is 1. The normalized spacial score (nSPS) is 25.4. The molecule has 2 unspecified atom stereocenters. The van der Waals surface area contributed by atoms with E-state index in [2.05, 4.69) is 58.2 Å². The Morgan fingerprint density at radius 3 is 2.87 bits per heavy atom. The molecule has 2 bridgehead atoms. The number of fused-ring (bicyclic) bond motifs is 4. The number of para-hydroxylation sites is 1. The summed E-state index contributed by atoms with van der Waals surface area (Å²) < 4.78 is 7.47. The van der Waals surface area contributed by atoms with Crippen LogP contribution in [0.5, 0.6) is 5.75 Å². The summed E-state index contributed by atoms with van der Waals surface area (Å²) in [4.78, 5) is 2.11. The molecule has 1 fully saturated rings. The maximum atomic E-state index is 6.42. The van der Waals surface area contributed by atoms with E-state index in [1.807, 2.05) is 24.3 Å². The van der Waals surface area contributed by atoms with Crippen molar-refractivity contribution >= 4 is 38.9 Å².